The number of nitrogens with zero attached hydrogens (tertiary/aromatic N) is 1. The van der Waals surface area contributed by atoms with E-state index in [1.165, 1.54) is 0 Å². The number of benzene rings is 1. The molecule has 0 aliphatic carbocycles. The second-order valence-electron chi connectivity index (χ2n) is 4.39. The Kier molecular flexibility index (Phi) is 4.04. The van der Waals surface area contributed by atoms with Gasteiger partial charge in [-0.3, -0.25) is 4.79 Å². The topological polar surface area (TPSA) is 64.6 Å². The molecule has 1 heterocycles. The van der Waals surface area contributed by atoms with Crippen LogP contribution in [0.3, 0.4) is 0 Å². The van der Waals surface area contributed by atoms with Gasteiger partial charge in [-0.25, -0.2) is 0 Å². The summed E-state index contributed by atoms with van der Waals surface area (Å²) in [5.41, 5.74) is 2.53. The van der Waals surface area contributed by atoms with Crippen molar-refractivity contribution in [3.8, 4) is 0 Å². The van der Waals surface area contributed by atoms with Crippen molar-refractivity contribution in [1.82, 2.24) is 4.90 Å². The molecule has 1 aliphatic rings. The minimum absolute atomic E-state index is 0.0171. The van der Waals surface area contributed by atoms with Crippen molar-refractivity contribution < 1.29 is 9.90 Å². The molecule has 3 N–H and O–H groups in total. The summed E-state index contributed by atoms with van der Waals surface area (Å²) in [5.74, 6) is -0.0171. The normalized spacial score (nSPS) is 13.2. The fourth-order valence-electron chi connectivity index (χ4n) is 2.07. The predicted molar refractivity (Wildman–Crippen MR) is 72.1 cm³/mol. The number of carbonyl (C=O) groups is 1. The maximum atomic E-state index is 12.3. The second-order valence-corrected chi connectivity index (χ2v) is 4.39. The van der Waals surface area contributed by atoms with Crippen molar-refractivity contribution in [1.29, 1.82) is 0 Å². The number of para-hydroxylation sites is 1. The van der Waals surface area contributed by atoms with Gasteiger partial charge in [0.25, 0.3) is 5.91 Å². The number of hydrogen-bond donors (Lipinski definition) is 3. The van der Waals surface area contributed by atoms with E-state index in [4.69, 9.17) is 5.11 Å². The van der Waals surface area contributed by atoms with Gasteiger partial charge in [0, 0.05) is 33.3 Å². The third-order valence-electron chi connectivity index (χ3n) is 3.04. The highest BCUT2D eigenvalue weighted by Crippen LogP contribution is 2.28. The van der Waals surface area contributed by atoms with E-state index in [1.54, 1.807) is 11.9 Å². The lowest BCUT2D eigenvalue weighted by atomic mass is 10.1. The molecule has 0 saturated carbocycles. The third kappa shape index (κ3) is 2.56. The van der Waals surface area contributed by atoms with E-state index in [2.05, 4.69) is 10.6 Å². The van der Waals surface area contributed by atoms with Crippen molar-refractivity contribution in [3.63, 3.8) is 0 Å². The van der Waals surface area contributed by atoms with Gasteiger partial charge in [-0.1, -0.05) is 6.07 Å². The first-order valence-electron chi connectivity index (χ1n) is 6.21. The molecule has 0 spiro atoms. The minimum Gasteiger partial charge on any atom is -0.396 e. The summed E-state index contributed by atoms with van der Waals surface area (Å²) in [7, 11) is 1.76. The maximum absolute atomic E-state index is 12.3. The number of aliphatic hydroxyl groups is 1. The number of amides is 1. The Balaban J connectivity index is 2.19. The Morgan fingerprint density at radius 1 is 1.39 bits per heavy atom. The smallest absolute Gasteiger partial charge is 0.255 e. The van der Waals surface area contributed by atoms with E-state index in [1.807, 2.05) is 18.2 Å². The second kappa shape index (κ2) is 5.73. The Labute approximate surface area is 107 Å². The van der Waals surface area contributed by atoms with E-state index in [0.29, 0.717) is 18.5 Å². The van der Waals surface area contributed by atoms with Gasteiger partial charge < -0.3 is 20.6 Å². The van der Waals surface area contributed by atoms with Gasteiger partial charge in [0.05, 0.1) is 16.9 Å². The first-order chi connectivity index (χ1) is 8.74. The van der Waals surface area contributed by atoms with Crippen molar-refractivity contribution in [3.05, 3.63) is 23.8 Å². The van der Waals surface area contributed by atoms with Gasteiger partial charge in [-0.05, 0) is 18.6 Å². The van der Waals surface area contributed by atoms with Crippen LogP contribution in [0.15, 0.2) is 18.2 Å². The van der Waals surface area contributed by atoms with Crippen molar-refractivity contribution in [2.45, 2.75) is 6.42 Å². The fraction of sp³-hybridized carbons (Fsp3) is 0.462. The van der Waals surface area contributed by atoms with Crippen molar-refractivity contribution >= 4 is 17.3 Å². The molecule has 18 heavy (non-hydrogen) atoms. The Morgan fingerprint density at radius 3 is 2.94 bits per heavy atom. The average Bonchev–Trinajstić information content (AvgIpc) is 2.43. The summed E-state index contributed by atoms with van der Waals surface area (Å²) < 4.78 is 0. The van der Waals surface area contributed by atoms with E-state index in [-0.39, 0.29) is 12.5 Å². The van der Waals surface area contributed by atoms with Crippen molar-refractivity contribution in [2.75, 3.05) is 43.9 Å². The molecule has 1 aliphatic heterocycles. The SMILES string of the molecule is CN(CCCO)C(=O)c1cccc2c1NCCN2. The predicted octanol–water partition coefficient (Wildman–Crippen LogP) is 0.978. The van der Waals surface area contributed by atoms with Crippen LogP contribution in [0, 0.1) is 0 Å². The van der Waals surface area contributed by atoms with Gasteiger partial charge in [0.2, 0.25) is 0 Å². The molecule has 98 valence electrons. The van der Waals surface area contributed by atoms with E-state index in [0.717, 1.165) is 24.5 Å². The molecule has 0 aromatic heterocycles. The third-order valence-corrected chi connectivity index (χ3v) is 3.04. The number of anilines is 2. The molecule has 1 aromatic rings. The number of rotatable bonds is 4. The first kappa shape index (κ1) is 12.7. The van der Waals surface area contributed by atoms with Crippen molar-refractivity contribution in [2.24, 2.45) is 0 Å². The monoisotopic (exact) mass is 249 g/mol. The molecule has 0 saturated heterocycles. The minimum atomic E-state index is -0.0171. The van der Waals surface area contributed by atoms with Gasteiger partial charge in [0.1, 0.15) is 0 Å². The van der Waals surface area contributed by atoms with Gasteiger partial charge in [-0.2, -0.15) is 0 Å². The zero-order chi connectivity index (χ0) is 13.0. The zero-order valence-corrected chi connectivity index (χ0v) is 10.6. The lowest BCUT2D eigenvalue weighted by Crippen LogP contribution is -2.30. The van der Waals surface area contributed by atoms with Crippen LogP contribution < -0.4 is 10.6 Å². The van der Waals surface area contributed by atoms with Crippen LogP contribution in [0.25, 0.3) is 0 Å². The van der Waals surface area contributed by atoms with Gasteiger partial charge in [-0.15, -0.1) is 0 Å². The van der Waals surface area contributed by atoms with Crippen LogP contribution in [-0.2, 0) is 0 Å². The number of aliphatic hydroxyl groups excluding tert-OH is 1. The number of hydrogen-bond acceptors (Lipinski definition) is 4. The van der Waals surface area contributed by atoms with Crippen LogP contribution in [0.5, 0.6) is 0 Å². The number of carbonyl (C=O) groups excluding carboxylic acids is 1. The fourth-order valence-corrected chi connectivity index (χ4v) is 2.07. The molecule has 0 fully saturated rings. The molecule has 0 radical (unpaired) electrons. The first-order valence-corrected chi connectivity index (χ1v) is 6.21. The Bertz CT molecular complexity index is 434. The highest BCUT2D eigenvalue weighted by Gasteiger charge is 2.19. The summed E-state index contributed by atoms with van der Waals surface area (Å²) in [6, 6.07) is 5.68. The summed E-state index contributed by atoms with van der Waals surface area (Å²) in [6.07, 6.45) is 0.600. The standard InChI is InChI=1S/C13H19N3O2/c1-16(8-3-9-17)13(18)10-4-2-5-11-12(10)15-7-6-14-11/h2,4-5,14-15,17H,3,6-9H2,1H3. The zero-order valence-electron chi connectivity index (χ0n) is 10.6. The molecule has 1 amide bonds. The van der Waals surface area contributed by atoms with Gasteiger partial charge in [0.15, 0.2) is 0 Å². The number of nitrogens with one attached hydrogen (secondary N) is 2. The van der Waals surface area contributed by atoms with Gasteiger partial charge >= 0.3 is 0 Å². The molecule has 0 atom stereocenters. The highest BCUT2D eigenvalue weighted by molar-refractivity contribution is 6.02. The van der Waals surface area contributed by atoms with Crippen LogP contribution in [0.2, 0.25) is 0 Å². The molecular weight excluding hydrogens is 230 g/mol. The quantitative estimate of drug-likeness (QED) is 0.744. The van der Waals surface area contributed by atoms with Crippen LogP contribution >= 0.6 is 0 Å². The molecule has 5 heteroatoms. The van der Waals surface area contributed by atoms with E-state index in [9.17, 15) is 4.79 Å². The lowest BCUT2D eigenvalue weighted by molar-refractivity contribution is 0.0787. The van der Waals surface area contributed by atoms with Crippen LogP contribution in [0.1, 0.15) is 16.8 Å². The molecule has 0 unspecified atom stereocenters. The molecule has 0 bridgehead atoms. The lowest BCUT2D eigenvalue weighted by Gasteiger charge is -2.24. The summed E-state index contributed by atoms with van der Waals surface area (Å²) in [4.78, 5) is 13.9. The molecule has 2 rings (SSSR count). The Morgan fingerprint density at radius 2 is 2.17 bits per heavy atom. The molecule has 1 aromatic carbocycles. The summed E-state index contributed by atoms with van der Waals surface area (Å²) in [6.45, 7) is 2.35. The van der Waals surface area contributed by atoms with Crippen LogP contribution in [0.4, 0.5) is 11.4 Å². The molecule has 5 nitrogen and oxygen atoms in total. The Hall–Kier alpha value is -1.75. The van der Waals surface area contributed by atoms with E-state index < -0.39 is 0 Å². The summed E-state index contributed by atoms with van der Waals surface area (Å²) >= 11 is 0. The largest absolute Gasteiger partial charge is 0.396 e. The average molecular weight is 249 g/mol. The number of fused-ring (bicyclic) bond motifs is 1. The van der Waals surface area contributed by atoms with E-state index >= 15 is 0 Å². The maximum Gasteiger partial charge on any atom is 0.255 e. The molecular formula is C13H19N3O2. The highest BCUT2D eigenvalue weighted by atomic mass is 16.3. The summed E-state index contributed by atoms with van der Waals surface area (Å²) in [5, 5.41) is 15.3. The van der Waals surface area contributed by atoms with Crippen LogP contribution in [-0.4, -0.2) is 49.2 Å².